The molecule has 1 unspecified atom stereocenters. The van der Waals surface area contributed by atoms with Crippen molar-refractivity contribution in [3.05, 3.63) is 57.4 Å². The molecular formula is C11H9BrClNO. The number of nitrogens with two attached hydrogens (primary N) is 1. The van der Waals surface area contributed by atoms with E-state index in [4.69, 9.17) is 21.8 Å². The molecule has 4 heteroatoms. The number of halogens is 2. The summed E-state index contributed by atoms with van der Waals surface area (Å²) in [6, 6.07) is 7.32. The largest absolute Gasteiger partial charge is 0.472 e. The minimum atomic E-state index is -0.200. The predicted molar refractivity (Wildman–Crippen MR) is 63.9 cm³/mol. The van der Waals surface area contributed by atoms with E-state index in [0.29, 0.717) is 5.02 Å². The first-order chi connectivity index (χ1) is 7.18. The molecule has 78 valence electrons. The van der Waals surface area contributed by atoms with Crippen LogP contribution in [-0.2, 0) is 0 Å². The topological polar surface area (TPSA) is 39.2 Å². The summed E-state index contributed by atoms with van der Waals surface area (Å²) < 4.78 is 5.86. The van der Waals surface area contributed by atoms with Gasteiger partial charge in [-0.25, -0.2) is 0 Å². The van der Waals surface area contributed by atoms with E-state index in [1.165, 1.54) is 0 Å². The summed E-state index contributed by atoms with van der Waals surface area (Å²) in [7, 11) is 0. The summed E-state index contributed by atoms with van der Waals surface area (Å²) in [4.78, 5) is 0. The highest BCUT2D eigenvalue weighted by atomic mass is 79.9. The average Bonchev–Trinajstić information content (AvgIpc) is 2.74. The van der Waals surface area contributed by atoms with Crippen molar-refractivity contribution in [1.82, 2.24) is 0 Å². The van der Waals surface area contributed by atoms with Crippen molar-refractivity contribution in [1.29, 1.82) is 0 Å². The van der Waals surface area contributed by atoms with Crippen LogP contribution in [0.5, 0.6) is 0 Å². The van der Waals surface area contributed by atoms with E-state index in [2.05, 4.69) is 15.9 Å². The number of benzene rings is 1. The zero-order valence-electron chi connectivity index (χ0n) is 7.78. The summed E-state index contributed by atoms with van der Waals surface area (Å²) >= 11 is 9.33. The Hall–Kier alpha value is -0.770. The van der Waals surface area contributed by atoms with Crippen molar-refractivity contribution < 1.29 is 4.42 Å². The molecule has 2 nitrogen and oxygen atoms in total. The van der Waals surface area contributed by atoms with Crippen LogP contribution in [0.4, 0.5) is 0 Å². The van der Waals surface area contributed by atoms with Crippen molar-refractivity contribution in [2.75, 3.05) is 0 Å². The smallest absolute Gasteiger partial charge is 0.0953 e. The summed E-state index contributed by atoms with van der Waals surface area (Å²) in [5.74, 6) is 0. The van der Waals surface area contributed by atoms with Crippen molar-refractivity contribution in [3.63, 3.8) is 0 Å². The lowest BCUT2D eigenvalue weighted by molar-refractivity contribution is 0.562. The lowest BCUT2D eigenvalue weighted by Gasteiger charge is -2.10. The van der Waals surface area contributed by atoms with E-state index in [1.54, 1.807) is 12.5 Å². The van der Waals surface area contributed by atoms with E-state index >= 15 is 0 Å². The molecule has 0 aliphatic carbocycles. The molecule has 15 heavy (non-hydrogen) atoms. The molecule has 2 aromatic rings. The first kappa shape index (κ1) is 10.7. The Morgan fingerprint density at radius 3 is 2.67 bits per heavy atom. The second kappa shape index (κ2) is 4.39. The van der Waals surface area contributed by atoms with Gasteiger partial charge in [-0.1, -0.05) is 17.7 Å². The Morgan fingerprint density at radius 1 is 1.27 bits per heavy atom. The second-order valence-corrected chi connectivity index (χ2v) is 4.47. The van der Waals surface area contributed by atoms with Crippen LogP contribution < -0.4 is 5.73 Å². The van der Waals surface area contributed by atoms with Gasteiger partial charge in [0.1, 0.15) is 0 Å². The van der Waals surface area contributed by atoms with Crippen LogP contribution in [0, 0.1) is 0 Å². The Balaban J connectivity index is 2.34. The van der Waals surface area contributed by atoms with Crippen LogP contribution in [0.25, 0.3) is 0 Å². The summed E-state index contributed by atoms with van der Waals surface area (Å²) in [6.45, 7) is 0. The third kappa shape index (κ3) is 2.25. The van der Waals surface area contributed by atoms with Gasteiger partial charge in [-0.2, -0.15) is 0 Å². The summed E-state index contributed by atoms with van der Waals surface area (Å²) in [6.07, 6.45) is 3.25. The van der Waals surface area contributed by atoms with E-state index < -0.39 is 0 Å². The van der Waals surface area contributed by atoms with Crippen LogP contribution >= 0.6 is 27.5 Å². The fourth-order valence-electron chi connectivity index (χ4n) is 1.35. The number of furan rings is 1. The van der Waals surface area contributed by atoms with E-state index in [-0.39, 0.29) is 6.04 Å². The fraction of sp³-hybridized carbons (Fsp3) is 0.0909. The van der Waals surface area contributed by atoms with Gasteiger partial charge in [-0.05, 0) is 39.7 Å². The van der Waals surface area contributed by atoms with Gasteiger partial charge in [0, 0.05) is 10.0 Å². The van der Waals surface area contributed by atoms with Crippen molar-refractivity contribution in [3.8, 4) is 0 Å². The zero-order chi connectivity index (χ0) is 10.8. The standard InChI is InChI=1S/C11H9BrClNO/c12-9-2-1-7(5-10(9)13)11(14)8-3-4-15-6-8/h1-6,11H,14H2. The quantitative estimate of drug-likeness (QED) is 0.913. The van der Waals surface area contributed by atoms with Crippen molar-refractivity contribution in [2.24, 2.45) is 5.73 Å². The maximum Gasteiger partial charge on any atom is 0.0953 e. The van der Waals surface area contributed by atoms with Gasteiger partial charge >= 0.3 is 0 Å². The highest BCUT2D eigenvalue weighted by Gasteiger charge is 2.11. The molecule has 0 spiro atoms. The van der Waals surface area contributed by atoms with Gasteiger partial charge in [-0.15, -0.1) is 0 Å². The Bertz CT molecular complexity index is 456. The SMILES string of the molecule is NC(c1ccoc1)c1ccc(Br)c(Cl)c1. The average molecular weight is 287 g/mol. The van der Waals surface area contributed by atoms with E-state index in [0.717, 1.165) is 15.6 Å². The van der Waals surface area contributed by atoms with E-state index in [9.17, 15) is 0 Å². The number of hydrogen-bond donors (Lipinski definition) is 1. The van der Waals surface area contributed by atoms with Crippen LogP contribution in [-0.4, -0.2) is 0 Å². The normalized spacial score (nSPS) is 12.7. The maximum atomic E-state index is 6.05. The molecule has 1 aromatic heterocycles. The summed E-state index contributed by atoms with van der Waals surface area (Å²) in [5, 5.41) is 0.659. The third-order valence-corrected chi connectivity index (χ3v) is 3.44. The van der Waals surface area contributed by atoms with Gasteiger partial charge in [0.15, 0.2) is 0 Å². The predicted octanol–water partition coefficient (Wildman–Crippen LogP) is 3.74. The minimum Gasteiger partial charge on any atom is -0.472 e. The second-order valence-electron chi connectivity index (χ2n) is 3.21. The molecule has 0 bridgehead atoms. The first-order valence-corrected chi connectivity index (χ1v) is 5.58. The molecule has 0 amide bonds. The molecule has 1 heterocycles. The molecule has 0 saturated heterocycles. The van der Waals surface area contributed by atoms with Crippen LogP contribution in [0.1, 0.15) is 17.2 Å². The van der Waals surface area contributed by atoms with Crippen LogP contribution in [0.15, 0.2) is 45.7 Å². The first-order valence-electron chi connectivity index (χ1n) is 4.41. The molecule has 0 aliphatic heterocycles. The monoisotopic (exact) mass is 285 g/mol. The highest BCUT2D eigenvalue weighted by molar-refractivity contribution is 9.10. The molecule has 1 atom stereocenters. The Kier molecular flexibility index (Phi) is 3.14. The van der Waals surface area contributed by atoms with Gasteiger partial charge in [0.25, 0.3) is 0 Å². The molecule has 1 aromatic carbocycles. The van der Waals surface area contributed by atoms with Crippen LogP contribution in [0.3, 0.4) is 0 Å². The third-order valence-electron chi connectivity index (χ3n) is 2.21. The highest BCUT2D eigenvalue weighted by Crippen LogP contribution is 2.27. The molecule has 2 N–H and O–H groups in total. The molecule has 0 saturated carbocycles. The summed E-state index contributed by atoms with van der Waals surface area (Å²) in [5.41, 5.74) is 7.95. The number of hydrogen-bond acceptors (Lipinski definition) is 2. The Labute approximate surface area is 101 Å². The Morgan fingerprint density at radius 2 is 2.07 bits per heavy atom. The van der Waals surface area contributed by atoms with Gasteiger partial charge < -0.3 is 10.2 Å². The van der Waals surface area contributed by atoms with Crippen LogP contribution in [0.2, 0.25) is 5.02 Å². The number of rotatable bonds is 2. The van der Waals surface area contributed by atoms with Crippen molar-refractivity contribution >= 4 is 27.5 Å². The van der Waals surface area contributed by atoms with Gasteiger partial charge in [-0.3, -0.25) is 0 Å². The molecule has 0 fully saturated rings. The molecule has 0 aliphatic rings. The maximum absolute atomic E-state index is 6.05. The van der Waals surface area contributed by atoms with Gasteiger partial charge in [0.05, 0.1) is 23.6 Å². The zero-order valence-corrected chi connectivity index (χ0v) is 10.1. The van der Waals surface area contributed by atoms with Crippen molar-refractivity contribution in [2.45, 2.75) is 6.04 Å². The lowest BCUT2D eigenvalue weighted by Crippen LogP contribution is -2.10. The molecule has 0 radical (unpaired) electrons. The molecular weight excluding hydrogens is 277 g/mol. The fourth-order valence-corrected chi connectivity index (χ4v) is 1.79. The molecule has 2 rings (SSSR count). The minimum absolute atomic E-state index is 0.200. The van der Waals surface area contributed by atoms with Gasteiger partial charge in [0.2, 0.25) is 0 Å². The van der Waals surface area contributed by atoms with E-state index in [1.807, 2.05) is 24.3 Å². The lowest BCUT2D eigenvalue weighted by atomic mass is 10.0.